The third kappa shape index (κ3) is 3.25. The summed E-state index contributed by atoms with van der Waals surface area (Å²) in [5.74, 6) is 0. The first-order chi connectivity index (χ1) is 8.49. The van der Waals surface area contributed by atoms with Gasteiger partial charge in [0.15, 0.2) is 0 Å². The number of nitrogens with one attached hydrogen (secondary N) is 1. The Morgan fingerprint density at radius 2 is 1.89 bits per heavy atom. The molecule has 0 heterocycles. The molecule has 0 bridgehead atoms. The van der Waals surface area contributed by atoms with Crippen LogP contribution in [0.5, 0.6) is 0 Å². The first kappa shape index (κ1) is 13.8. The second-order valence-electron chi connectivity index (χ2n) is 4.87. The fourth-order valence-electron chi connectivity index (χ4n) is 2.25. The topological polar surface area (TPSA) is 46.2 Å². The molecule has 0 saturated heterocycles. The molecule has 0 aliphatic heterocycles. The Kier molecular flexibility index (Phi) is 4.30. The third-order valence-corrected chi connectivity index (χ3v) is 5.31. The fraction of sp³-hybridized carbons (Fsp3) is 0.538. The molecule has 1 saturated carbocycles. The van der Waals surface area contributed by atoms with E-state index in [1.807, 2.05) is 6.92 Å². The van der Waals surface area contributed by atoms with Gasteiger partial charge in [0.25, 0.3) is 0 Å². The molecule has 1 aliphatic carbocycles. The Morgan fingerprint density at radius 3 is 2.50 bits per heavy atom. The molecular weight excluding hydrogens is 270 g/mol. The van der Waals surface area contributed by atoms with Crippen molar-refractivity contribution in [2.75, 3.05) is 0 Å². The van der Waals surface area contributed by atoms with E-state index in [0.717, 1.165) is 31.2 Å². The van der Waals surface area contributed by atoms with E-state index in [1.54, 1.807) is 12.1 Å². The van der Waals surface area contributed by atoms with Crippen LogP contribution in [0.2, 0.25) is 5.02 Å². The number of rotatable bonds is 3. The maximum Gasteiger partial charge on any atom is 0.240 e. The molecule has 0 atom stereocenters. The second-order valence-corrected chi connectivity index (χ2v) is 6.99. The Balaban J connectivity index is 2.16. The molecule has 0 unspecified atom stereocenters. The molecule has 1 aromatic rings. The van der Waals surface area contributed by atoms with Crippen LogP contribution in [-0.4, -0.2) is 14.5 Å². The van der Waals surface area contributed by atoms with Crippen LogP contribution in [0.3, 0.4) is 0 Å². The number of hydrogen-bond donors (Lipinski definition) is 1. The van der Waals surface area contributed by atoms with Crippen LogP contribution in [0.15, 0.2) is 23.1 Å². The quantitative estimate of drug-likeness (QED) is 0.927. The molecule has 1 fully saturated rings. The Morgan fingerprint density at radius 1 is 1.22 bits per heavy atom. The SMILES string of the molecule is Cc1ccc(S(=O)(=O)NC2CCCCC2)cc1Cl. The summed E-state index contributed by atoms with van der Waals surface area (Å²) in [6, 6.07) is 4.93. The van der Waals surface area contributed by atoms with Gasteiger partial charge in [-0.2, -0.15) is 0 Å². The zero-order chi connectivity index (χ0) is 13.2. The number of halogens is 1. The van der Waals surface area contributed by atoms with Gasteiger partial charge in [-0.1, -0.05) is 36.9 Å². The monoisotopic (exact) mass is 287 g/mol. The Bertz CT molecular complexity index is 522. The highest BCUT2D eigenvalue weighted by molar-refractivity contribution is 7.89. The third-order valence-electron chi connectivity index (χ3n) is 3.38. The van der Waals surface area contributed by atoms with Crippen molar-refractivity contribution in [1.82, 2.24) is 4.72 Å². The van der Waals surface area contributed by atoms with Crippen molar-refractivity contribution < 1.29 is 8.42 Å². The number of benzene rings is 1. The highest BCUT2D eigenvalue weighted by Crippen LogP contribution is 2.22. The predicted molar refractivity (Wildman–Crippen MR) is 73.4 cm³/mol. The van der Waals surface area contributed by atoms with Crippen LogP contribution in [0.25, 0.3) is 0 Å². The van der Waals surface area contributed by atoms with Crippen LogP contribution in [-0.2, 0) is 10.0 Å². The van der Waals surface area contributed by atoms with Gasteiger partial charge in [-0.15, -0.1) is 0 Å². The van der Waals surface area contributed by atoms with Crippen LogP contribution in [0, 0.1) is 6.92 Å². The molecule has 1 N–H and O–H groups in total. The van der Waals surface area contributed by atoms with Gasteiger partial charge in [0.1, 0.15) is 0 Å². The normalized spacial score (nSPS) is 17.9. The molecule has 100 valence electrons. The van der Waals surface area contributed by atoms with Crippen LogP contribution < -0.4 is 4.72 Å². The van der Waals surface area contributed by atoms with E-state index in [9.17, 15) is 8.42 Å². The molecule has 1 aromatic carbocycles. The van der Waals surface area contributed by atoms with Crippen LogP contribution in [0.1, 0.15) is 37.7 Å². The van der Waals surface area contributed by atoms with Gasteiger partial charge in [0, 0.05) is 11.1 Å². The lowest BCUT2D eigenvalue weighted by atomic mass is 9.96. The largest absolute Gasteiger partial charge is 0.240 e. The minimum Gasteiger partial charge on any atom is -0.208 e. The molecule has 0 spiro atoms. The lowest BCUT2D eigenvalue weighted by Gasteiger charge is -2.22. The van der Waals surface area contributed by atoms with Crippen LogP contribution >= 0.6 is 11.6 Å². The summed E-state index contributed by atoms with van der Waals surface area (Å²) in [4.78, 5) is 0.253. The van der Waals surface area contributed by atoms with E-state index in [-0.39, 0.29) is 10.9 Å². The highest BCUT2D eigenvalue weighted by atomic mass is 35.5. The lowest BCUT2D eigenvalue weighted by Crippen LogP contribution is -2.36. The maximum atomic E-state index is 12.2. The molecule has 0 radical (unpaired) electrons. The van der Waals surface area contributed by atoms with E-state index < -0.39 is 10.0 Å². The van der Waals surface area contributed by atoms with E-state index in [0.29, 0.717) is 5.02 Å². The zero-order valence-corrected chi connectivity index (χ0v) is 12.0. The van der Waals surface area contributed by atoms with E-state index in [2.05, 4.69) is 4.72 Å². The fourth-order valence-corrected chi connectivity index (χ4v) is 3.82. The zero-order valence-electron chi connectivity index (χ0n) is 10.4. The van der Waals surface area contributed by atoms with Gasteiger partial charge >= 0.3 is 0 Å². The minimum absolute atomic E-state index is 0.0730. The van der Waals surface area contributed by atoms with Crippen molar-refractivity contribution in [1.29, 1.82) is 0 Å². The molecule has 0 amide bonds. The summed E-state index contributed by atoms with van der Waals surface area (Å²) in [7, 11) is -3.43. The molecule has 0 aromatic heterocycles. The summed E-state index contributed by atoms with van der Waals surface area (Å²) in [6.45, 7) is 1.85. The van der Waals surface area contributed by atoms with E-state index in [4.69, 9.17) is 11.6 Å². The van der Waals surface area contributed by atoms with E-state index in [1.165, 1.54) is 12.5 Å². The lowest BCUT2D eigenvalue weighted by molar-refractivity contribution is 0.412. The summed E-state index contributed by atoms with van der Waals surface area (Å²) in [5.41, 5.74) is 0.883. The summed E-state index contributed by atoms with van der Waals surface area (Å²) in [5, 5.41) is 0.488. The van der Waals surface area contributed by atoms with Crippen molar-refractivity contribution in [3.63, 3.8) is 0 Å². The first-order valence-corrected chi connectivity index (χ1v) is 8.13. The van der Waals surface area contributed by atoms with Crippen LogP contribution in [0.4, 0.5) is 0 Å². The molecule has 18 heavy (non-hydrogen) atoms. The standard InChI is InChI=1S/C13H18ClNO2S/c1-10-7-8-12(9-13(10)14)18(16,17)15-11-5-3-2-4-6-11/h7-9,11,15H,2-6H2,1H3. The van der Waals surface area contributed by atoms with Crippen molar-refractivity contribution in [2.45, 2.75) is 50.0 Å². The average Bonchev–Trinajstić information content (AvgIpc) is 2.33. The molecule has 3 nitrogen and oxygen atoms in total. The van der Waals surface area contributed by atoms with Crippen molar-refractivity contribution in [3.8, 4) is 0 Å². The van der Waals surface area contributed by atoms with Gasteiger partial charge in [-0.25, -0.2) is 13.1 Å². The maximum absolute atomic E-state index is 12.2. The van der Waals surface area contributed by atoms with Crippen molar-refractivity contribution in [2.24, 2.45) is 0 Å². The molecule has 5 heteroatoms. The number of aryl methyl sites for hydroxylation is 1. The molecule has 2 rings (SSSR count). The summed E-state index contributed by atoms with van der Waals surface area (Å²) >= 11 is 5.97. The first-order valence-electron chi connectivity index (χ1n) is 6.27. The van der Waals surface area contributed by atoms with Gasteiger partial charge in [0.2, 0.25) is 10.0 Å². The molecule has 1 aliphatic rings. The molecular formula is C13H18ClNO2S. The number of hydrogen-bond acceptors (Lipinski definition) is 2. The Labute approximate surface area is 114 Å². The Hall–Kier alpha value is -0.580. The summed E-state index contributed by atoms with van der Waals surface area (Å²) < 4.78 is 27.2. The van der Waals surface area contributed by atoms with Gasteiger partial charge in [-0.3, -0.25) is 0 Å². The van der Waals surface area contributed by atoms with E-state index >= 15 is 0 Å². The van der Waals surface area contributed by atoms with Crippen molar-refractivity contribution >= 4 is 21.6 Å². The predicted octanol–water partition coefficient (Wildman–Crippen LogP) is 3.26. The minimum atomic E-state index is -3.43. The summed E-state index contributed by atoms with van der Waals surface area (Å²) in [6.07, 6.45) is 5.26. The second kappa shape index (κ2) is 5.59. The van der Waals surface area contributed by atoms with Gasteiger partial charge in [0.05, 0.1) is 4.90 Å². The van der Waals surface area contributed by atoms with Gasteiger partial charge < -0.3 is 0 Å². The smallest absolute Gasteiger partial charge is 0.208 e. The average molecular weight is 288 g/mol. The number of sulfonamides is 1. The highest BCUT2D eigenvalue weighted by Gasteiger charge is 2.22. The van der Waals surface area contributed by atoms with Crippen molar-refractivity contribution in [3.05, 3.63) is 28.8 Å². The van der Waals surface area contributed by atoms with Gasteiger partial charge in [-0.05, 0) is 37.5 Å².